The lowest BCUT2D eigenvalue weighted by Gasteiger charge is -2.16. The molecule has 0 bridgehead atoms. The Morgan fingerprint density at radius 1 is 1.11 bits per heavy atom. The number of hydrogen-bond acceptors (Lipinski definition) is 4. The molecule has 2 aromatic rings. The van der Waals surface area contributed by atoms with Gasteiger partial charge in [0.1, 0.15) is 0 Å². The van der Waals surface area contributed by atoms with Crippen LogP contribution in [-0.4, -0.2) is 35.8 Å². The fourth-order valence-electron chi connectivity index (χ4n) is 2.87. The van der Waals surface area contributed by atoms with Crippen LogP contribution in [0.1, 0.15) is 12.0 Å². The minimum Gasteiger partial charge on any atom is -0.455 e. The number of esters is 1. The number of nitrogens with one attached hydrogen (secondary N) is 1. The number of rotatable bonds is 6. The van der Waals surface area contributed by atoms with Crippen LogP contribution in [0.5, 0.6) is 0 Å². The Hall–Kier alpha value is -2.86. The van der Waals surface area contributed by atoms with Crippen molar-refractivity contribution in [2.24, 2.45) is 5.92 Å². The van der Waals surface area contributed by atoms with Crippen LogP contribution in [0.4, 0.5) is 5.69 Å². The first-order valence-electron chi connectivity index (χ1n) is 8.55. The van der Waals surface area contributed by atoms with Crippen molar-refractivity contribution in [3.63, 3.8) is 0 Å². The molecule has 7 heteroatoms. The van der Waals surface area contributed by atoms with Crippen molar-refractivity contribution in [3.8, 4) is 0 Å². The molecule has 0 saturated carbocycles. The van der Waals surface area contributed by atoms with E-state index in [4.69, 9.17) is 16.3 Å². The zero-order valence-electron chi connectivity index (χ0n) is 14.6. The van der Waals surface area contributed by atoms with Crippen molar-refractivity contribution in [2.75, 3.05) is 18.5 Å². The van der Waals surface area contributed by atoms with E-state index in [-0.39, 0.29) is 12.3 Å². The Balaban J connectivity index is 1.46. The highest BCUT2D eigenvalue weighted by Crippen LogP contribution is 2.21. The van der Waals surface area contributed by atoms with Crippen molar-refractivity contribution < 1.29 is 19.1 Å². The topological polar surface area (TPSA) is 75.7 Å². The highest BCUT2D eigenvalue weighted by Gasteiger charge is 2.35. The molecule has 1 aliphatic heterocycles. The lowest BCUT2D eigenvalue weighted by Crippen LogP contribution is -2.28. The van der Waals surface area contributed by atoms with E-state index in [0.29, 0.717) is 23.8 Å². The first-order valence-corrected chi connectivity index (χ1v) is 8.93. The van der Waals surface area contributed by atoms with Crippen LogP contribution < -0.4 is 5.32 Å². The Morgan fingerprint density at radius 2 is 1.81 bits per heavy atom. The van der Waals surface area contributed by atoms with Gasteiger partial charge in [0.15, 0.2) is 6.61 Å². The van der Waals surface area contributed by atoms with E-state index in [1.807, 2.05) is 30.3 Å². The molecule has 0 aliphatic carbocycles. The molecular formula is C20H19ClN2O4. The van der Waals surface area contributed by atoms with Crippen LogP contribution in [0.15, 0.2) is 54.6 Å². The van der Waals surface area contributed by atoms with Gasteiger partial charge in [0.05, 0.1) is 5.92 Å². The summed E-state index contributed by atoms with van der Waals surface area (Å²) < 4.78 is 5.07. The Bertz CT molecular complexity index is 824. The third-order valence-electron chi connectivity index (χ3n) is 4.24. The van der Waals surface area contributed by atoms with Crippen LogP contribution in [0.2, 0.25) is 5.02 Å². The number of hydrogen-bond donors (Lipinski definition) is 1. The summed E-state index contributed by atoms with van der Waals surface area (Å²) in [6, 6.07) is 16.2. The molecule has 2 aromatic carbocycles. The predicted molar refractivity (Wildman–Crippen MR) is 101 cm³/mol. The van der Waals surface area contributed by atoms with Crippen molar-refractivity contribution in [3.05, 3.63) is 65.2 Å². The molecule has 1 saturated heterocycles. The van der Waals surface area contributed by atoms with Crippen LogP contribution in [0, 0.1) is 5.92 Å². The molecule has 1 N–H and O–H groups in total. The third kappa shape index (κ3) is 5.31. The van der Waals surface area contributed by atoms with E-state index < -0.39 is 24.4 Å². The second-order valence-electron chi connectivity index (χ2n) is 6.32. The minimum absolute atomic E-state index is 0.0913. The number of halogens is 1. The van der Waals surface area contributed by atoms with Crippen LogP contribution in [-0.2, 0) is 25.7 Å². The number of likely N-dealkylation sites (tertiary alicyclic amines) is 1. The summed E-state index contributed by atoms with van der Waals surface area (Å²) in [7, 11) is 0. The van der Waals surface area contributed by atoms with Gasteiger partial charge in [0.25, 0.3) is 5.91 Å². The number of carbonyl (C=O) groups excluding carboxylic acids is 3. The molecule has 0 spiro atoms. The quantitative estimate of drug-likeness (QED) is 0.774. The standard InChI is InChI=1S/C20H19ClN2O4/c21-16-6-8-17(9-7-16)22-18(24)13-27-20(26)15-10-19(25)23(12-15)11-14-4-2-1-3-5-14/h1-9,15H,10-13H2,(H,22,24)/t15-/m1/s1. The first-order chi connectivity index (χ1) is 13.0. The van der Waals surface area contributed by atoms with Gasteiger partial charge in [-0.25, -0.2) is 0 Å². The maximum absolute atomic E-state index is 12.2. The third-order valence-corrected chi connectivity index (χ3v) is 4.49. The molecule has 0 aromatic heterocycles. The van der Waals surface area contributed by atoms with Crippen molar-refractivity contribution in [1.82, 2.24) is 4.90 Å². The van der Waals surface area contributed by atoms with Gasteiger partial charge in [-0.15, -0.1) is 0 Å². The highest BCUT2D eigenvalue weighted by atomic mass is 35.5. The zero-order chi connectivity index (χ0) is 19.2. The number of anilines is 1. The number of ether oxygens (including phenoxy) is 1. The zero-order valence-corrected chi connectivity index (χ0v) is 15.3. The van der Waals surface area contributed by atoms with Gasteiger partial charge in [0, 0.05) is 30.2 Å². The Morgan fingerprint density at radius 3 is 2.52 bits per heavy atom. The minimum atomic E-state index is -0.551. The van der Waals surface area contributed by atoms with Gasteiger partial charge in [-0.2, -0.15) is 0 Å². The average molecular weight is 387 g/mol. The molecule has 1 aliphatic rings. The SMILES string of the molecule is O=C(COC(=O)[C@@H]1CC(=O)N(Cc2ccccc2)C1)Nc1ccc(Cl)cc1. The van der Waals surface area contributed by atoms with E-state index in [1.54, 1.807) is 29.2 Å². The maximum atomic E-state index is 12.2. The van der Waals surface area contributed by atoms with Crippen molar-refractivity contribution >= 4 is 35.1 Å². The number of carbonyl (C=O) groups is 3. The fourth-order valence-corrected chi connectivity index (χ4v) is 3.00. The van der Waals surface area contributed by atoms with Gasteiger partial charge >= 0.3 is 5.97 Å². The largest absolute Gasteiger partial charge is 0.455 e. The summed E-state index contributed by atoms with van der Waals surface area (Å²) in [5.74, 6) is -1.63. The van der Waals surface area contributed by atoms with E-state index >= 15 is 0 Å². The Kier molecular flexibility index (Phi) is 6.08. The van der Waals surface area contributed by atoms with Crippen LogP contribution >= 0.6 is 11.6 Å². The lowest BCUT2D eigenvalue weighted by atomic mass is 10.1. The molecule has 2 amide bonds. The summed E-state index contributed by atoms with van der Waals surface area (Å²) >= 11 is 5.78. The predicted octanol–water partition coefficient (Wildman–Crippen LogP) is 2.87. The van der Waals surface area contributed by atoms with Crippen molar-refractivity contribution in [2.45, 2.75) is 13.0 Å². The lowest BCUT2D eigenvalue weighted by molar-refractivity contribution is -0.151. The van der Waals surface area contributed by atoms with Crippen LogP contribution in [0.3, 0.4) is 0 Å². The van der Waals surface area contributed by atoms with Crippen molar-refractivity contribution in [1.29, 1.82) is 0 Å². The Labute approximate surface area is 162 Å². The molecule has 27 heavy (non-hydrogen) atoms. The first kappa shape index (κ1) is 18.9. The summed E-state index contributed by atoms with van der Waals surface area (Å²) in [6.07, 6.45) is 0.102. The van der Waals surface area contributed by atoms with Gasteiger partial charge in [-0.05, 0) is 29.8 Å². The molecule has 140 valence electrons. The number of nitrogens with zero attached hydrogens (tertiary/aromatic N) is 1. The molecular weight excluding hydrogens is 368 g/mol. The summed E-state index contributed by atoms with van der Waals surface area (Å²) in [4.78, 5) is 37.8. The number of amides is 2. The molecule has 3 rings (SSSR count). The summed E-state index contributed by atoms with van der Waals surface area (Å²) in [6.45, 7) is 0.358. The van der Waals surface area contributed by atoms with Gasteiger partial charge in [-0.1, -0.05) is 41.9 Å². The van der Waals surface area contributed by atoms with E-state index in [9.17, 15) is 14.4 Å². The second kappa shape index (κ2) is 8.68. The normalized spacial score (nSPS) is 16.3. The smallest absolute Gasteiger partial charge is 0.311 e. The second-order valence-corrected chi connectivity index (χ2v) is 6.76. The number of benzene rings is 2. The molecule has 1 fully saturated rings. The van der Waals surface area contributed by atoms with Gasteiger partial charge in [0.2, 0.25) is 5.91 Å². The average Bonchev–Trinajstić information content (AvgIpc) is 3.03. The van der Waals surface area contributed by atoms with Crippen LogP contribution in [0.25, 0.3) is 0 Å². The van der Waals surface area contributed by atoms with E-state index in [1.165, 1.54) is 0 Å². The molecule has 0 radical (unpaired) electrons. The van der Waals surface area contributed by atoms with Gasteiger partial charge in [-0.3, -0.25) is 14.4 Å². The molecule has 6 nitrogen and oxygen atoms in total. The summed E-state index contributed by atoms with van der Waals surface area (Å²) in [5.41, 5.74) is 1.56. The summed E-state index contributed by atoms with van der Waals surface area (Å²) in [5, 5.41) is 3.17. The fraction of sp³-hybridized carbons (Fsp3) is 0.250. The van der Waals surface area contributed by atoms with E-state index in [2.05, 4.69) is 5.32 Å². The molecule has 0 unspecified atom stereocenters. The van der Waals surface area contributed by atoms with Gasteiger partial charge < -0.3 is 15.0 Å². The highest BCUT2D eigenvalue weighted by molar-refractivity contribution is 6.30. The van der Waals surface area contributed by atoms with E-state index in [0.717, 1.165) is 5.56 Å². The maximum Gasteiger partial charge on any atom is 0.311 e. The molecule has 1 heterocycles. The monoisotopic (exact) mass is 386 g/mol. The molecule has 1 atom stereocenters.